The summed E-state index contributed by atoms with van der Waals surface area (Å²) in [5.41, 5.74) is 4.57. The van der Waals surface area contributed by atoms with Crippen LogP contribution in [0.3, 0.4) is 0 Å². The number of benzene rings is 1. The molecule has 0 saturated carbocycles. The van der Waals surface area contributed by atoms with Gasteiger partial charge in [0.25, 0.3) is 5.91 Å². The van der Waals surface area contributed by atoms with Crippen molar-refractivity contribution in [3.8, 4) is 0 Å². The lowest BCUT2D eigenvalue weighted by molar-refractivity contribution is 0.102. The molecule has 1 heterocycles. The van der Waals surface area contributed by atoms with Crippen molar-refractivity contribution >= 4 is 11.6 Å². The standard InChI is InChI=1S/C18H22N2O/c1-12-6-7-15(13(2)10-12)20-17(21)14-8-9-19-16(11-14)18(3,4)5/h6-11H,1-5H3,(H,20,21). The van der Waals surface area contributed by atoms with Gasteiger partial charge in [0.2, 0.25) is 0 Å². The number of aromatic nitrogens is 1. The molecule has 0 radical (unpaired) electrons. The van der Waals surface area contributed by atoms with Gasteiger partial charge < -0.3 is 5.32 Å². The van der Waals surface area contributed by atoms with E-state index in [0.717, 1.165) is 16.9 Å². The first-order valence-electron chi connectivity index (χ1n) is 7.12. The van der Waals surface area contributed by atoms with E-state index in [4.69, 9.17) is 0 Å². The van der Waals surface area contributed by atoms with E-state index < -0.39 is 0 Å². The minimum atomic E-state index is -0.102. The highest BCUT2D eigenvalue weighted by Crippen LogP contribution is 2.21. The van der Waals surface area contributed by atoms with Gasteiger partial charge in [-0.3, -0.25) is 9.78 Å². The Morgan fingerprint density at radius 2 is 1.81 bits per heavy atom. The minimum absolute atomic E-state index is 0.0733. The molecule has 1 N–H and O–H groups in total. The van der Waals surface area contributed by atoms with E-state index in [1.807, 2.05) is 32.0 Å². The average molecular weight is 282 g/mol. The number of aryl methyl sites for hydroxylation is 2. The van der Waals surface area contributed by atoms with E-state index in [2.05, 4.69) is 37.1 Å². The van der Waals surface area contributed by atoms with Gasteiger partial charge >= 0.3 is 0 Å². The molecule has 0 aliphatic rings. The van der Waals surface area contributed by atoms with Crippen LogP contribution in [0.4, 0.5) is 5.69 Å². The summed E-state index contributed by atoms with van der Waals surface area (Å²) in [7, 11) is 0. The monoisotopic (exact) mass is 282 g/mol. The molecule has 0 aliphatic heterocycles. The predicted octanol–water partition coefficient (Wildman–Crippen LogP) is 4.25. The van der Waals surface area contributed by atoms with Crippen LogP contribution in [0.15, 0.2) is 36.5 Å². The van der Waals surface area contributed by atoms with Crippen LogP contribution in [0.2, 0.25) is 0 Å². The Bertz CT molecular complexity index is 669. The molecule has 0 atom stereocenters. The summed E-state index contributed by atoms with van der Waals surface area (Å²) in [5, 5.41) is 2.97. The lowest BCUT2D eigenvalue weighted by Gasteiger charge is -2.18. The van der Waals surface area contributed by atoms with Gasteiger partial charge in [0.05, 0.1) is 0 Å². The summed E-state index contributed by atoms with van der Waals surface area (Å²) in [5.74, 6) is -0.102. The first kappa shape index (κ1) is 15.2. The number of nitrogens with zero attached hydrogens (tertiary/aromatic N) is 1. The molecule has 1 aromatic heterocycles. The molecule has 0 aliphatic carbocycles. The highest BCUT2D eigenvalue weighted by Gasteiger charge is 2.17. The second kappa shape index (κ2) is 5.68. The van der Waals surface area contributed by atoms with Crippen LogP contribution < -0.4 is 5.32 Å². The van der Waals surface area contributed by atoms with Gasteiger partial charge in [-0.15, -0.1) is 0 Å². The molecular weight excluding hydrogens is 260 g/mol. The molecule has 0 saturated heterocycles. The smallest absolute Gasteiger partial charge is 0.255 e. The molecular formula is C18H22N2O. The molecule has 0 bridgehead atoms. The topological polar surface area (TPSA) is 42.0 Å². The second-order valence-electron chi connectivity index (χ2n) is 6.45. The van der Waals surface area contributed by atoms with Crippen LogP contribution in [0.25, 0.3) is 0 Å². The van der Waals surface area contributed by atoms with Crippen molar-refractivity contribution in [1.82, 2.24) is 4.98 Å². The van der Waals surface area contributed by atoms with Gasteiger partial charge in [0.1, 0.15) is 0 Å². The average Bonchev–Trinajstić information content (AvgIpc) is 2.41. The number of anilines is 1. The molecule has 110 valence electrons. The maximum Gasteiger partial charge on any atom is 0.255 e. The van der Waals surface area contributed by atoms with Crippen LogP contribution in [0.1, 0.15) is 48.0 Å². The van der Waals surface area contributed by atoms with Gasteiger partial charge in [0.15, 0.2) is 0 Å². The first-order chi connectivity index (χ1) is 9.77. The van der Waals surface area contributed by atoms with Crippen molar-refractivity contribution in [2.24, 2.45) is 0 Å². The number of amides is 1. The van der Waals surface area contributed by atoms with Crippen molar-refractivity contribution in [3.63, 3.8) is 0 Å². The Morgan fingerprint density at radius 1 is 1.10 bits per heavy atom. The van der Waals surface area contributed by atoms with Crippen molar-refractivity contribution < 1.29 is 4.79 Å². The first-order valence-corrected chi connectivity index (χ1v) is 7.12. The summed E-state index contributed by atoms with van der Waals surface area (Å²) in [6, 6.07) is 9.60. The Kier molecular flexibility index (Phi) is 4.12. The summed E-state index contributed by atoms with van der Waals surface area (Å²) in [6.07, 6.45) is 1.69. The zero-order chi connectivity index (χ0) is 15.6. The lowest BCUT2D eigenvalue weighted by Crippen LogP contribution is -2.17. The van der Waals surface area contributed by atoms with Gasteiger partial charge in [-0.05, 0) is 37.6 Å². The lowest BCUT2D eigenvalue weighted by atomic mass is 9.91. The maximum atomic E-state index is 12.4. The van der Waals surface area contributed by atoms with Crippen molar-refractivity contribution in [2.45, 2.75) is 40.0 Å². The fourth-order valence-corrected chi connectivity index (χ4v) is 2.13. The van der Waals surface area contributed by atoms with Crippen LogP contribution >= 0.6 is 0 Å². The molecule has 2 rings (SSSR count). The molecule has 0 fully saturated rings. The molecule has 0 spiro atoms. The van der Waals surface area contributed by atoms with Crippen molar-refractivity contribution in [2.75, 3.05) is 5.32 Å². The highest BCUT2D eigenvalue weighted by molar-refractivity contribution is 6.04. The third-order valence-corrected chi connectivity index (χ3v) is 3.42. The molecule has 1 aromatic carbocycles. The van der Waals surface area contributed by atoms with Gasteiger partial charge in [-0.2, -0.15) is 0 Å². The highest BCUT2D eigenvalue weighted by atomic mass is 16.1. The third-order valence-electron chi connectivity index (χ3n) is 3.42. The summed E-state index contributed by atoms with van der Waals surface area (Å²) >= 11 is 0. The van der Waals surface area contributed by atoms with Gasteiger partial charge in [-0.25, -0.2) is 0 Å². The SMILES string of the molecule is Cc1ccc(NC(=O)c2ccnc(C(C)(C)C)c2)c(C)c1. The molecule has 3 heteroatoms. The second-order valence-corrected chi connectivity index (χ2v) is 6.45. The number of pyridine rings is 1. The van der Waals surface area contributed by atoms with Gasteiger partial charge in [0, 0.05) is 28.6 Å². The summed E-state index contributed by atoms with van der Waals surface area (Å²) in [4.78, 5) is 16.7. The van der Waals surface area contributed by atoms with Crippen LogP contribution in [-0.2, 0) is 5.41 Å². The molecule has 3 nitrogen and oxygen atoms in total. The quantitative estimate of drug-likeness (QED) is 0.894. The number of rotatable bonds is 2. The molecule has 1 amide bonds. The molecule has 2 aromatic rings. The van der Waals surface area contributed by atoms with Crippen molar-refractivity contribution in [3.05, 3.63) is 58.9 Å². The summed E-state index contributed by atoms with van der Waals surface area (Å²) < 4.78 is 0. The minimum Gasteiger partial charge on any atom is -0.322 e. The van der Waals surface area contributed by atoms with E-state index in [9.17, 15) is 4.79 Å². The zero-order valence-electron chi connectivity index (χ0n) is 13.3. The van der Waals surface area contributed by atoms with Crippen LogP contribution in [0.5, 0.6) is 0 Å². The summed E-state index contributed by atoms with van der Waals surface area (Å²) in [6.45, 7) is 10.3. The van der Waals surface area contributed by atoms with E-state index in [1.54, 1.807) is 12.3 Å². The Balaban J connectivity index is 2.25. The zero-order valence-corrected chi connectivity index (χ0v) is 13.3. The Labute approximate surface area is 126 Å². The fourth-order valence-electron chi connectivity index (χ4n) is 2.13. The Morgan fingerprint density at radius 3 is 2.43 bits per heavy atom. The molecule has 0 unspecified atom stereocenters. The number of hydrogen-bond donors (Lipinski definition) is 1. The molecule has 21 heavy (non-hydrogen) atoms. The predicted molar refractivity (Wildman–Crippen MR) is 86.8 cm³/mol. The van der Waals surface area contributed by atoms with E-state index >= 15 is 0 Å². The Hall–Kier alpha value is -2.16. The van der Waals surface area contributed by atoms with Crippen LogP contribution in [0, 0.1) is 13.8 Å². The van der Waals surface area contributed by atoms with Crippen molar-refractivity contribution in [1.29, 1.82) is 0 Å². The normalized spacial score (nSPS) is 11.3. The number of hydrogen-bond acceptors (Lipinski definition) is 2. The van der Waals surface area contributed by atoms with E-state index in [-0.39, 0.29) is 11.3 Å². The number of carbonyl (C=O) groups is 1. The number of carbonyl (C=O) groups excluding carboxylic acids is 1. The largest absolute Gasteiger partial charge is 0.322 e. The van der Waals surface area contributed by atoms with Gasteiger partial charge in [-0.1, -0.05) is 38.5 Å². The van der Waals surface area contributed by atoms with E-state index in [0.29, 0.717) is 5.56 Å². The number of nitrogens with one attached hydrogen (secondary N) is 1. The third kappa shape index (κ3) is 3.69. The van der Waals surface area contributed by atoms with E-state index in [1.165, 1.54) is 5.56 Å². The maximum absolute atomic E-state index is 12.4. The van der Waals surface area contributed by atoms with Crippen LogP contribution in [-0.4, -0.2) is 10.9 Å². The fraction of sp³-hybridized carbons (Fsp3) is 0.333.